The molecule has 0 aliphatic rings. The van der Waals surface area contributed by atoms with Gasteiger partial charge in [0.2, 0.25) is 10.0 Å². The Balaban J connectivity index is 2.25. The molecule has 2 rings (SSSR count). The highest BCUT2D eigenvalue weighted by atomic mass is 32.2. The minimum absolute atomic E-state index is 0.00753. The molecule has 2 N–H and O–H groups in total. The number of hydrogen-bond donors (Lipinski definition) is 2. The number of amides is 1. The predicted octanol–water partition coefficient (Wildman–Crippen LogP) is 1.32. The number of ether oxygens (including phenoxy) is 1. The van der Waals surface area contributed by atoms with Crippen LogP contribution in [-0.2, 0) is 16.6 Å². The Morgan fingerprint density at radius 2 is 2.04 bits per heavy atom. The van der Waals surface area contributed by atoms with E-state index in [0.717, 1.165) is 0 Å². The van der Waals surface area contributed by atoms with E-state index < -0.39 is 15.9 Å². The van der Waals surface area contributed by atoms with Crippen LogP contribution in [-0.4, -0.2) is 33.0 Å². The van der Waals surface area contributed by atoms with Crippen molar-refractivity contribution in [3.8, 4) is 5.75 Å². The van der Waals surface area contributed by atoms with Crippen LogP contribution in [0.25, 0.3) is 0 Å². The van der Waals surface area contributed by atoms with E-state index in [-0.39, 0.29) is 23.5 Å². The number of methoxy groups -OCH3 is 1. The van der Waals surface area contributed by atoms with Crippen LogP contribution < -0.4 is 14.8 Å². The van der Waals surface area contributed by atoms with Crippen molar-refractivity contribution in [2.24, 2.45) is 0 Å². The Kier molecular flexibility index (Phi) is 5.88. The number of sulfonamides is 1. The molecular weight excluding hydrogens is 330 g/mol. The van der Waals surface area contributed by atoms with Gasteiger partial charge in [-0.05, 0) is 30.3 Å². The third-order valence-corrected chi connectivity index (χ3v) is 4.76. The fourth-order valence-corrected chi connectivity index (χ4v) is 3.14. The van der Waals surface area contributed by atoms with E-state index in [9.17, 15) is 13.2 Å². The molecule has 0 saturated carbocycles. The van der Waals surface area contributed by atoms with Crippen LogP contribution >= 0.6 is 0 Å². The molecule has 24 heavy (non-hydrogen) atoms. The smallest absolute Gasteiger partial charge is 0.255 e. The van der Waals surface area contributed by atoms with Crippen molar-refractivity contribution in [2.45, 2.75) is 18.4 Å². The normalized spacial score (nSPS) is 11.1. The van der Waals surface area contributed by atoms with Crippen molar-refractivity contribution in [3.63, 3.8) is 0 Å². The largest absolute Gasteiger partial charge is 0.496 e. The highest BCUT2D eigenvalue weighted by Crippen LogP contribution is 2.22. The van der Waals surface area contributed by atoms with Crippen molar-refractivity contribution in [3.05, 3.63) is 53.9 Å². The maximum absolute atomic E-state index is 12.4. The average Bonchev–Trinajstić information content (AvgIpc) is 2.60. The zero-order valence-electron chi connectivity index (χ0n) is 13.4. The van der Waals surface area contributed by atoms with E-state index in [1.807, 2.05) is 6.07 Å². The fraction of sp³-hybridized carbons (Fsp3) is 0.250. The summed E-state index contributed by atoms with van der Waals surface area (Å²) in [5.41, 5.74) is 0.841. The van der Waals surface area contributed by atoms with E-state index in [2.05, 4.69) is 15.0 Å². The maximum Gasteiger partial charge on any atom is 0.255 e. The van der Waals surface area contributed by atoms with E-state index in [0.29, 0.717) is 11.4 Å². The summed E-state index contributed by atoms with van der Waals surface area (Å²) < 4.78 is 31.7. The highest BCUT2D eigenvalue weighted by Gasteiger charge is 2.19. The van der Waals surface area contributed by atoms with Gasteiger partial charge in [-0.25, -0.2) is 13.1 Å². The second-order valence-corrected chi connectivity index (χ2v) is 6.63. The molecule has 0 bridgehead atoms. The first-order chi connectivity index (χ1) is 11.5. The molecule has 1 amide bonds. The van der Waals surface area contributed by atoms with Gasteiger partial charge in [-0.1, -0.05) is 13.0 Å². The second kappa shape index (κ2) is 7.89. The molecule has 0 unspecified atom stereocenters. The Bertz CT molecular complexity index is 807. The molecule has 128 valence electrons. The molecule has 0 fully saturated rings. The lowest BCUT2D eigenvalue weighted by Crippen LogP contribution is -2.26. The fourth-order valence-electron chi connectivity index (χ4n) is 2.07. The first-order valence-electron chi connectivity index (χ1n) is 7.33. The number of nitrogens with zero attached hydrogens (tertiary/aromatic N) is 1. The van der Waals surface area contributed by atoms with Crippen LogP contribution in [0.1, 0.15) is 23.0 Å². The molecule has 0 radical (unpaired) electrons. The lowest BCUT2D eigenvalue weighted by molar-refractivity contribution is 0.0947. The summed E-state index contributed by atoms with van der Waals surface area (Å²) in [5.74, 6) is -0.143. The first kappa shape index (κ1) is 17.9. The first-order valence-corrected chi connectivity index (χ1v) is 8.82. The molecule has 2 aromatic rings. The lowest BCUT2D eigenvalue weighted by Gasteiger charge is -2.11. The van der Waals surface area contributed by atoms with E-state index in [1.165, 1.54) is 25.3 Å². The van der Waals surface area contributed by atoms with Crippen LogP contribution in [0.3, 0.4) is 0 Å². The van der Waals surface area contributed by atoms with Crippen molar-refractivity contribution in [1.29, 1.82) is 0 Å². The molecule has 0 aliphatic heterocycles. The molecule has 0 aliphatic carbocycles. The quantitative estimate of drug-likeness (QED) is 0.786. The third-order valence-electron chi connectivity index (χ3n) is 3.22. The van der Waals surface area contributed by atoms with Crippen LogP contribution in [0.5, 0.6) is 5.75 Å². The second-order valence-electron chi connectivity index (χ2n) is 4.87. The Hall–Kier alpha value is -2.45. The summed E-state index contributed by atoms with van der Waals surface area (Å²) in [5, 5.41) is 2.70. The minimum Gasteiger partial charge on any atom is -0.496 e. The third kappa shape index (κ3) is 4.30. The van der Waals surface area contributed by atoms with Crippen LogP contribution in [0, 0.1) is 0 Å². The van der Waals surface area contributed by atoms with Gasteiger partial charge in [0.05, 0.1) is 29.8 Å². The van der Waals surface area contributed by atoms with Gasteiger partial charge in [0.25, 0.3) is 5.91 Å². The average molecular weight is 349 g/mol. The van der Waals surface area contributed by atoms with Crippen molar-refractivity contribution >= 4 is 15.9 Å². The molecule has 1 aromatic carbocycles. The molecule has 1 heterocycles. The number of benzene rings is 1. The monoisotopic (exact) mass is 349 g/mol. The molecule has 1 aromatic heterocycles. The van der Waals surface area contributed by atoms with E-state index >= 15 is 0 Å². The Labute approximate surface area is 141 Å². The van der Waals surface area contributed by atoms with Crippen molar-refractivity contribution < 1.29 is 17.9 Å². The SMILES string of the molecule is CCNS(=O)(=O)c1ccc(OC)c(C(=O)NCc2ccccn2)c1. The summed E-state index contributed by atoms with van der Waals surface area (Å²) in [6.07, 6.45) is 1.63. The standard InChI is InChI=1S/C16H19N3O4S/c1-3-19-24(21,22)13-7-8-15(23-2)14(10-13)16(20)18-11-12-6-4-5-9-17-12/h4-10,19H,3,11H2,1-2H3,(H,18,20). The zero-order valence-corrected chi connectivity index (χ0v) is 14.3. The zero-order chi connectivity index (χ0) is 17.6. The molecular formula is C16H19N3O4S. The summed E-state index contributed by atoms with van der Waals surface area (Å²) in [6.45, 7) is 2.17. The van der Waals surface area contributed by atoms with Crippen LogP contribution in [0.15, 0.2) is 47.5 Å². The molecule has 0 saturated heterocycles. The van der Waals surface area contributed by atoms with Gasteiger partial charge in [-0.2, -0.15) is 0 Å². The number of pyridine rings is 1. The Morgan fingerprint density at radius 1 is 1.25 bits per heavy atom. The van der Waals surface area contributed by atoms with E-state index in [1.54, 1.807) is 25.3 Å². The molecule has 8 heteroatoms. The van der Waals surface area contributed by atoms with Crippen molar-refractivity contribution in [2.75, 3.05) is 13.7 Å². The van der Waals surface area contributed by atoms with Crippen LogP contribution in [0.2, 0.25) is 0 Å². The van der Waals surface area contributed by atoms with Gasteiger partial charge in [0.15, 0.2) is 0 Å². The Morgan fingerprint density at radius 3 is 2.67 bits per heavy atom. The number of aromatic nitrogens is 1. The summed E-state index contributed by atoms with van der Waals surface area (Å²) in [6, 6.07) is 9.53. The maximum atomic E-state index is 12.4. The summed E-state index contributed by atoms with van der Waals surface area (Å²) >= 11 is 0. The van der Waals surface area contributed by atoms with Gasteiger partial charge in [-0.3, -0.25) is 9.78 Å². The van der Waals surface area contributed by atoms with Gasteiger partial charge < -0.3 is 10.1 Å². The van der Waals surface area contributed by atoms with E-state index in [4.69, 9.17) is 4.74 Å². The highest BCUT2D eigenvalue weighted by molar-refractivity contribution is 7.89. The van der Waals surface area contributed by atoms with Gasteiger partial charge >= 0.3 is 0 Å². The number of hydrogen-bond acceptors (Lipinski definition) is 5. The number of nitrogens with one attached hydrogen (secondary N) is 2. The van der Waals surface area contributed by atoms with Gasteiger partial charge in [0, 0.05) is 12.7 Å². The number of rotatable bonds is 7. The van der Waals surface area contributed by atoms with Gasteiger partial charge in [0.1, 0.15) is 5.75 Å². The molecule has 0 spiro atoms. The molecule has 7 nitrogen and oxygen atoms in total. The minimum atomic E-state index is -3.66. The molecule has 0 atom stereocenters. The number of carbonyl (C=O) groups is 1. The van der Waals surface area contributed by atoms with Gasteiger partial charge in [-0.15, -0.1) is 0 Å². The summed E-state index contributed by atoms with van der Waals surface area (Å²) in [4.78, 5) is 16.5. The number of carbonyl (C=O) groups excluding carboxylic acids is 1. The summed E-state index contributed by atoms with van der Waals surface area (Å²) in [7, 11) is -2.24. The topological polar surface area (TPSA) is 97.4 Å². The van der Waals surface area contributed by atoms with Crippen molar-refractivity contribution in [1.82, 2.24) is 15.0 Å². The van der Waals surface area contributed by atoms with Crippen LogP contribution in [0.4, 0.5) is 0 Å². The predicted molar refractivity (Wildman–Crippen MR) is 89.3 cm³/mol. The lowest BCUT2D eigenvalue weighted by atomic mass is 10.2.